The summed E-state index contributed by atoms with van der Waals surface area (Å²) in [5, 5.41) is 2.87. The number of benzene rings is 2. The van der Waals surface area contributed by atoms with E-state index in [9.17, 15) is 14.0 Å². The molecular weight excluding hydrogens is 357 g/mol. The normalized spacial score (nSPS) is 14.3. The fraction of sp³-hybridized carbons (Fsp3) is 0.364. The molecule has 148 valence electrons. The molecule has 0 saturated carbocycles. The van der Waals surface area contributed by atoms with E-state index < -0.39 is 0 Å². The lowest BCUT2D eigenvalue weighted by Crippen LogP contribution is -2.48. The molecule has 3 rings (SSSR count). The minimum atomic E-state index is -0.251. The molecule has 1 saturated heterocycles. The number of halogens is 1. The van der Waals surface area contributed by atoms with Gasteiger partial charge in [-0.1, -0.05) is 13.8 Å². The van der Waals surface area contributed by atoms with Crippen LogP contribution < -0.4 is 10.2 Å². The van der Waals surface area contributed by atoms with E-state index in [0.29, 0.717) is 49.8 Å². The number of carbonyl (C=O) groups excluding carboxylic acids is 2. The minimum Gasteiger partial charge on any atom is -0.368 e. The molecule has 0 bridgehead atoms. The van der Waals surface area contributed by atoms with Crippen LogP contribution in [0.1, 0.15) is 34.6 Å². The number of nitrogens with one attached hydrogen (secondary N) is 1. The first-order chi connectivity index (χ1) is 13.4. The molecule has 0 aromatic heterocycles. The lowest BCUT2D eigenvalue weighted by Gasteiger charge is -2.36. The second-order valence-corrected chi connectivity index (χ2v) is 7.44. The van der Waals surface area contributed by atoms with E-state index in [1.165, 1.54) is 12.1 Å². The van der Waals surface area contributed by atoms with Crippen molar-refractivity contribution in [1.82, 2.24) is 10.2 Å². The van der Waals surface area contributed by atoms with E-state index in [1.54, 1.807) is 36.4 Å². The number of piperazine rings is 1. The number of nitrogens with zero attached hydrogens (tertiary/aromatic N) is 2. The number of anilines is 1. The molecule has 1 aliphatic rings. The van der Waals surface area contributed by atoms with E-state index in [1.807, 2.05) is 18.7 Å². The first-order valence-electron chi connectivity index (χ1n) is 9.62. The highest BCUT2D eigenvalue weighted by atomic mass is 19.1. The monoisotopic (exact) mass is 383 g/mol. The van der Waals surface area contributed by atoms with Gasteiger partial charge in [-0.3, -0.25) is 9.59 Å². The maximum atomic E-state index is 13.1. The molecule has 5 nitrogen and oxygen atoms in total. The molecule has 1 N–H and O–H groups in total. The fourth-order valence-corrected chi connectivity index (χ4v) is 3.17. The highest BCUT2D eigenvalue weighted by molar-refractivity contribution is 5.97. The largest absolute Gasteiger partial charge is 0.368 e. The smallest absolute Gasteiger partial charge is 0.253 e. The molecule has 0 radical (unpaired) electrons. The quantitative estimate of drug-likeness (QED) is 0.863. The Hall–Kier alpha value is -2.89. The van der Waals surface area contributed by atoms with Gasteiger partial charge < -0.3 is 15.1 Å². The van der Waals surface area contributed by atoms with Gasteiger partial charge in [0.25, 0.3) is 11.8 Å². The molecule has 0 spiro atoms. The van der Waals surface area contributed by atoms with Gasteiger partial charge in [-0.15, -0.1) is 0 Å². The predicted octanol–water partition coefficient (Wildman–Crippen LogP) is 3.17. The van der Waals surface area contributed by atoms with Crippen molar-refractivity contribution in [2.24, 2.45) is 5.92 Å². The topological polar surface area (TPSA) is 52.7 Å². The van der Waals surface area contributed by atoms with Crippen LogP contribution in [0, 0.1) is 11.7 Å². The van der Waals surface area contributed by atoms with E-state index in [0.717, 1.165) is 5.69 Å². The average molecular weight is 383 g/mol. The van der Waals surface area contributed by atoms with Gasteiger partial charge in [0.1, 0.15) is 5.82 Å². The lowest BCUT2D eigenvalue weighted by molar-refractivity contribution is 0.0746. The Labute approximate surface area is 165 Å². The van der Waals surface area contributed by atoms with Crippen LogP contribution in [0.4, 0.5) is 10.1 Å². The highest BCUT2D eigenvalue weighted by Crippen LogP contribution is 2.18. The van der Waals surface area contributed by atoms with Crippen molar-refractivity contribution < 1.29 is 14.0 Å². The fourth-order valence-electron chi connectivity index (χ4n) is 3.17. The third-order valence-electron chi connectivity index (χ3n) is 4.82. The van der Waals surface area contributed by atoms with Crippen molar-refractivity contribution in [1.29, 1.82) is 0 Å². The molecule has 2 aromatic carbocycles. The van der Waals surface area contributed by atoms with Gasteiger partial charge in [0.2, 0.25) is 0 Å². The zero-order chi connectivity index (χ0) is 20.1. The summed E-state index contributed by atoms with van der Waals surface area (Å²) in [6.07, 6.45) is 0. The van der Waals surface area contributed by atoms with Gasteiger partial charge >= 0.3 is 0 Å². The Balaban J connectivity index is 1.56. The molecule has 2 aromatic rings. The van der Waals surface area contributed by atoms with E-state index in [-0.39, 0.29) is 17.6 Å². The van der Waals surface area contributed by atoms with Gasteiger partial charge in [0.15, 0.2) is 0 Å². The van der Waals surface area contributed by atoms with Gasteiger partial charge in [-0.2, -0.15) is 0 Å². The van der Waals surface area contributed by atoms with Crippen molar-refractivity contribution in [3.05, 3.63) is 65.5 Å². The van der Waals surface area contributed by atoms with E-state index >= 15 is 0 Å². The van der Waals surface area contributed by atoms with Crippen LogP contribution in [0.3, 0.4) is 0 Å². The summed E-state index contributed by atoms with van der Waals surface area (Å²) in [4.78, 5) is 28.8. The zero-order valence-electron chi connectivity index (χ0n) is 16.3. The van der Waals surface area contributed by atoms with Gasteiger partial charge in [-0.25, -0.2) is 4.39 Å². The summed E-state index contributed by atoms with van der Waals surface area (Å²) in [5.74, 6) is -0.0224. The summed E-state index contributed by atoms with van der Waals surface area (Å²) < 4.78 is 13.1. The third kappa shape index (κ3) is 4.88. The predicted molar refractivity (Wildman–Crippen MR) is 108 cm³/mol. The molecule has 2 amide bonds. The number of amides is 2. The van der Waals surface area contributed by atoms with Crippen molar-refractivity contribution in [3.63, 3.8) is 0 Å². The maximum Gasteiger partial charge on any atom is 0.253 e. The van der Waals surface area contributed by atoms with Crippen LogP contribution in [-0.4, -0.2) is 49.4 Å². The lowest BCUT2D eigenvalue weighted by atomic mass is 10.1. The Morgan fingerprint density at radius 2 is 1.50 bits per heavy atom. The van der Waals surface area contributed by atoms with Crippen molar-refractivity contribution in [2.75, 3.05) is 37.6 Å². The molecule has 0 unspecified atom stereocenters. The molecule has 6 heteroatoms. The van der Waals surface area contributed by atoms with Crippen LogP contribution in [0.2, 0.25) is 0 Å². The van der Waals surface area contributed by atoms with Gasteiger partial charge in [-0.05, 0) is 54.4 Å². The zero-order valence-corrected chi connectivity index (χ0v) is 16.3. The Kier molecular flexibility index (Phi) is 6.29. The first kappa shape index (κ1) is 19.9. The second kappa shape index (κ2) is 8.87. The van der Waals surface area contributed by atoms with Crippen LogP contribution in [0.5, 0.6) is 0 Å². The maximum absolute atomic E-state index is 13.1. The minimum absolute atomic E-state index is 0.0344. The summed E-state index contributed by atoms with van der Waals surface area (Å²) in [7, 11) is 0. The summed E-state index contributed by atoms with van der Waals surface area (Å²) in [6.45, 7) is 7.31. The van der Waals surface area contributed by atoms with Gasteiger partial charge in [0, 0.05) is 49.5 Å². The molecule has 0 atom stereocenters. The van der Waals surface area contributed by atoms with Crippen LogP contribution in [-0.2, 0) is 0 Å². The molecular formula is C22H26FN3O2. The second-order valence-electron chi connectivity index (χ2n) is 7.44. The summed E-state index contributed by atoms with van der Waals surface area (Å²) in [5.41, 5.74) is 2.10. The molecule has 0 aliphatic carbocycles. The Morgan fingerprint density at radius 3 is 2.07 bits per heavy atom. The van der Waals surface area contributed by atoms with Crippen molar-refractivity contribution in [3.8, 4) is 0 Å². The van der Waals surface area contributed by atoms with E-state index in [2.05, 4.69) is 10.2 Å². The first-order valence-corrected chi connectivity index (χ1v) is 9.62. The van der Waals surface area contributed by atoms with Crippen molar-refractivity contribution >= 4 is 17.5 Å². The Morgan fingerprint density at radius 1 is 0.929 bits per heavy atom. The van der Waals surface area contributed by atoms with Gasteiger partial charge in [0.05, 0.1) is 0 Å². The highest BCUT2D eigenvalue weighted by Gasteiger charge is 2.22. The third-order valence-corrected chi connectivity index (χ3v) is 4.82. The SMILES string of the molecule is CC(C)CNC(=O)c1ccc(C(=O)N2CCN(c3ccc(F)cc3)CC2)cc1. The Bertz CT molecular complexity index is 811. The van der Waals surface area contributed by atoms with E-state index in [4.69, 9.17) is 0 Å². The van der Waals surface area contributed by atoms with Crippen LogP contribution in [0.15, 0.2) is 48.5 Å². The molecule has 28 heavy (non-hydrogen) atoms. The number of hydrogen-bond acceptors (Lipinski definition) is 3. The molecule has 1 fully saturated rings. The molecule has 1 aliphatic heterocycles. The van der Waals surface area contributed by atoms with Crippen LogP contribution in [0.25, 0.3) is 0 Å². The molecule has 1 heterocycles. The van der Waals surface area contributed by atoms with Crippen molar-refractivity contribution in [2.45, 2.75) is 13.8 Å². The average Bonchev–Trinajstić information content (AvgIpc) is 2.72. The number of carbonyl (C=O) groups is 2. The number of rotatable bonds is 5. The van der Waals surface area contributed by atoms with Crippen LogP contribution >= 0.6 is 0 Å². The summed E-state index contributed by atoms with van der Waals surface area (Å²) >= 11 is 0. The summed E-state index contributed by atoms with van der Waals surface area (Å²) in [6, 6.07) is 13.2. The standard InChI is InChI=1S/C22H26FN3O2/c1-16(2)15-24-21(27)17-3-5-18(6-4-17)22(28)26-13-11-25(12-14-26)20-9-7-19(23)8-10-20/h3-10,16H,11-15H2,1-2H3,(H,24,27). The number of hydrogen-bond donors (Lipinski definition) is 1.